The van der Waals surface area contributed by atoms with Gasteiger partial charge in [0.05, 0.1) is 5.69 Å². The predicted molar refractivity (Wildman–Crippen MR) is 93.4 cm³/mol. The molecule has 1 amide bonds. The third kappa shape index (κ3) is 5.54. The van der Waals surface area contributed by atoms with E-state index in [1.807, 2.05) is 36.0 Å². The van der Waals surface area contributed by atoms with Crippen LogP contribution in [0.1, 0.15) is 6.92 Å². The molecule has 0 aliphatic rings. The van der Waals surface area contributed by atoms with E-state index in [-0.39, 0.29) is 6.54 Å². The summed E-state index contributed by atoms with van der Waals surface area (Å²) in [4.78, 5) is 16.0. The number of aliphatic imine (C=N–C) groups is 1. The molecule has 0 atom stereocenters. The molecule has 0 bridgehead atoms. The molecule has 1 aromatic heterocycles. The summed E-state index contributed by atoms with van der Waals surface area (Å²) in [5, 5.41) is 8.20. The van der Waals surface area contributed by atoms with Gasteiger partial charge in [0.25, 0.3) is 0 Å². The van der Waals surface area contributed by atoms with Gasteiger partial charge >= 0.3 is 0 Å². The lowest BCUT2D eigenvalue weighted by Gasteiger charge is -2.12. The zero-order valence-electron chi connectivity index (χ0n) is 14.2. The Hall–Kier alpha value is -2.97. The number of hydrogen-bond donors (Lipinski definition) is 3. The molecule has 3 N–H and O–H groups in total. The van der Waals surface area contributed by atoms with Crippen molar-refractivity contribution in [1.29, 1.82) is 0 Å². The first-order chi connectivity index (χ1) is 12.5. The van der Waals surface area contributed by atoms with E-state index in [4.69, 9.17) is 0 Å². The molecule has 9 heteroatoms. The average Bonchev–Trinajstić information content (AvgIpc) is 3.13. The molecular weight excluding hydrogens is 347 g/mol. The van der Waals surface area contributed by atoms with Gasteiger partial charge in [-0.05, 0) is 31.2 Å². The number of carbonyl (C=O) groups excluding carboxylic acids is 1. The van der Waals surface area contributed by atoms with Crippen molar-refractivity contribution in [3.63, 3.8) is 0 Å². The topological polar surface area (TPSA) is 70.4 Å². The highest BCUT2D eigenvalue weighted by Crippen LogP contribution is 2.19. The van der Waals surface area contributed by atoms with E-state index >= 15 is 0 Å². The van der Waals surface area contributed by atoms with E-state index in [2.05, 4.69) is 20.9 Å². The number of nitrogens with one attached hydrogen (secondary N) is 3. The number of benzene rings is 1. The highest BCUT2D eigenvalue weighted by molar-refractivity contribution is 5.94. The first-order valence-corrected chi connectivity index (χ1v) is 8.07. The third-order valence-electron chi connectivity index (χ3n) is 3.36. The molecule has 0 aliphatic carbocycles. The summed E-state index contributed by atoms with van der Waals surface area (Å²) < 4.78 is 41.6. The number of aromatic nitrogens is 1. The Morgan fingerprint density at radius 2 is 1.85 bits per heavy atom. The second-order valence-electron chi connectivity index (χ2n) is 5.31. The van der Waals surface area contributed by atoms with Crippen LogP contribution in [0.25, 0.3) is 0 Å². The molecule has 26 heavy (non-hydrogen) atoms. The van der Waals surface area contributed by atoms with Crippen molar-refractivity contribution in [1.82, 2.24) is 15.2 Å². The second kappa shape index (κ2) is 9.50. The Bertz CT molecular complexity index is 762. The maximum Gasteiger partial charge on any atom is 0.246 e. The van der Waals surface area contributed by atoms with Gasteiger partial charge in [0, 0.05) is 32.0 Å². The SMILES string of the molecule is CCNC(=NCC(=O)Nc1ccc(F)c(F)c1F)NCCn1cccc1. The normalized spacial score (nSPS) is 11.3. The molecule has 0 fully saturated rings. The first kappa shape index (κ1) is 19.4. The van der Waals surface area contributed by atoms with Gasteiger partial charge in [0.2, 0.25) is 5.91 Å². The molecule has 140 valence electrons. The van der Waals surface area contributed by atoms with Gasteiger partial charge in [-0.2, -0.15) is 0 Å². The minimum atomic E-state index is -1.63. The van der Waals surface area contributed by atoms with Crippen LogP contribution < -0.4 is 16.0 Å². The number of guanidine groups is 1. The molecule has 0 unspecified atom stereocenters. The predicted octanol–water partition coefficient (Wildman–Crippen LogP) is 2.10. The van der Waals surface area contributed by atoms with Crippen LogP contribution >= 0.6 is 0 Å². The van der Waals surface area contributed by atoms with Crippen molar-refractivity contribution in [3.05, 3.63) is 54.1 Å². The molecule has 0 aliphatic heterocycles. The van der Waals surface area contributed by atoms with Gasteiger partial charge in [0.1, 0.15) is 6.54 Å². The molecule has 1 aromatic carbocycles. The van der Waals surface area contributed by atoms with Crippen LogP contribution in [-0.2, 0) is 11.3 Å². The van der Waals surface area contributed by atoms with Crippen molar-refractivity contribution in [3.8, 4) is 0 Å². The summed E-state index contributed by atoms with van der Waals surface area (Å²) in [5.41, 5.74) is -0.435. The molecule has 0 saturated carbocycles. The zero-order chi connectivity index (χ0) is 18.9. The fourth-order valence-corrected chi connectivity index (χ4v) is 2.13. The fourth-order valence-electron chi connectivity index (χ4n) is 2.13. The van der Waals surface area contributed by atoms with Crippen molar-refractivity contribution >= 4 is 17.6 Å². The number of rotatable bonds is 7. The summed E-state index contributed by atoms with van der Waals surface area (Å²) in [5.74, 6) is -4.64. The molecule has 0 radical (unpaired) electrons. The van der Waals surface area contributed by atoms with Gasteiger partial charge in [-0.3, -0.25) is 4.79 Å². The van der Waals surface area contributed by atoms with Crippen molar-refractivity contribution in [2.45, 2.75) is 13.5 Å². The van der Waals surface area contributed by atoms with Crippen LogP contribution in [0.5, 0.6) is 0 Å². The standard InChI is InChI=1S/C17H20F3N5O/c1-2-21-17(22-7-10-25-8-3-4-9-25)23-11-14(26)24-13-6-5-12(18)15(19)16(13)20/h3-6,8-9H,2,7,10-11H2,1H3,(H,24,26)(H2,21,22,23). The Balaban J connectivity index is 1.89. The maximum atomic E-state index is 13.6. The van der Waals surface area contributed by atoms with Crippen molar-refractivity contribution in [2.75, 3.05) is 25.0 Å². The molecule has 0 saturated heterocycles. The van der Waals surface area contributed by atoms with E-state index in [0.29, 0.717) is 25.6 Å². The Kier molecular flexibility index (Phi) is 7.07. The largest absolute Gasteiger partial charge is 0.357 e. The van der Waals surface area contributed by atoms with Crippen molar-refractivity contribution in [2.24, 2.45) is 4.99 Å². The molecular formula is C17H20F3N5O. The highest BCUT2D eigenvalue weighted by atomic mass is 19.2. The van der Waals surface area contributed by atoms with E-state index in [1.165, 1.54) is 0 Å². The van der Waals surface area contributed by atoms with E-state index in [9.17, 15) is 18.0 Å². The van der Waals surface area contributed by atoms with Gasteiger partial charge in [-0.25, -0.2) is 18.2 Å². The summed E-state index contributed by atoms with van der Waals surface area (Å²) in [6.07, 6.45) is 3.85. The maximum absolute atomic E-state index is 13.6. The molecule has 6 nitrogen and oxygen atoms in total. The lowest BCUT2D eigenvalue weighted by molar-refractivity contribution is -0.114. The Morgan fingerprint density at radius 3 is 2.54 bits per heavy atom. The third-order valence-corrected chi connectivity index (χ3v) is 3.36. The molecule has 0 spiro atoms. The van der Waals surface area contributed by atoms with Crippen LogP contribution in [0.3, 0.4) is 0 Å². The Labute approximate surface area is 149 Å². The molecule has 1 heterocycles. The van der Waals surface area contributed by atoms with Gasteiger partial charge in [0.15, 0.2) is 23.4 Å². The van der Waals surface area contributed by atoms with E-state index < -0.39 is 29.0 Å². The van der Waals surface area contributed by atoms with Crippen molar-refractivity contribution < 1.29 is 18.0 Å². The number of amides is 1. The van der Waals surface area contributed by atoms with Gasteiger partial charge < -0.3 is 20.5 Å². The number of hydrogen-bond acceptors (Lipinski definition) is 2. The number of anilines is 1. The monoisotopic (exact) mass is 367 g/mol. The summed E-state index contributed by atoms with van der Waals surface area (Å²) in [6.45, 7) is 3.45. The van der Waals surface area contributed by atoms with E-state index in [1.54, 1.807) is 0 Å². The van der Waals surface area contributed by atoms with Crippen LogP contribution in [0.2, 0.25) is 0 Å². The van der Waals surface area contributed by atoms with Crippen LogP contribution in [0.4, 0.5) is 18.9 Å². The fraction of sp³-hybridized carbons (Fsp3) is 0.294. The highest BCUT2D eigenvalue weighted by Gasteiger charge is 2.15. The summed E-state index contributed by atoms with van der Waals surface area (Å²) in [6, 6.07) is 5.53. The minimum absolute atomic E-state index is 0.308. The number of halogens is 3. The van der Waals surface area contributed by atoms with Crippen LogP contribution in [0, 0.1) is 17.5 Å². The molecule has 2 aromatic rings. The average molecular weight is 367 g/mol. The lowest BCUT2D eigenvalue weighted by atomic mass is 10.3. The summed E-state index contributed by atoms with van der Waals surface area (Å²) in [7, 11) is 0. The first-order valence-electron chi connectivity index (χ1n) is 8.07. The lowest BCUT2D eigenvalue weighted by Crippen LogP contribution is -2.39. The van der Waals surface area contributed by atoms with Gasteiger partial charge in [-0.15, -0.1) is 0 Å². The number of carbonyl (C=O) groups is 1. The molecule has 2 rings (SSSR count). The zero-order valence-corrected chi connectivity index (χ0v) is 14.2. The quantitative estimate of drug-likeness (QED) is 0.399. The second-order valence-corrected chi connectivity index (χ2v) is 5.31. The van der Waals surface area contributed by atoms with E-state index in [0.717, 1.165) is 12.1 Å². The smallest absolute Gasteiger partial charge is 0.246 e. The van der Waals surface area contributed by atoms with Crippen LogP contribution in [-0.4, -0.2) is 36.1 Å². The number of nitrogens with zero attached hydrogens (tertiary/aromatic N) is 2. The Morgan fingerprint density at radius 1 is 1.12 bits per heavy atom. The summed E-state index contributed by atoms with van der Waals surface area (Å²) >= 11 is 0. The van der Waals surface area contributed by atoms with Gasteiger partial charge in [-0.1, -0.05) is 0 Å². The minimum Gasteiger partial charge on any atom is -0.357 e. The van der Waals surface area contributed by atoms with Crippen LogP contribution in [0.15, 0.2) is 41.7 Å².